The Morgan fingerprint density at radius 2 is 0.790 bits per heavy atom. The van der Waals surface area contributed by atoms with Crippen LogP contribution in [0.15, 0.2) is 185 Å². The molecule has 2 aliphatic carbocycles. The normalized spacial score (nSPS) is 14.3. The van der Waals surface area contributed by atoms with E-state index in [-0.39, 0.29) is 5.41 Å². The minimum atomic E-state index is 0.142. The lowest BCUT2D eigenvalue weighted by molar-refractivity contribution is 0.353. The zero-order chi connectivity index (χ0) is 40.8. The number of fused-ring (bicyclic) bond motifs is 11. The number of rotatable bonds is 5. The third-order valence-corrected chi connectivity index (χ3v) is 13.6. The summed E-state index contributed by atoms with van der Waals surface area (Å²) in [6.07, 6.45) is 6.38. The Kier molecular flexibility index (Phi) is 7.77. The summed E-state index contributed by atoms with van der Waals surface area (Å²) in [4.78, 5) is 15.4. The second-order valence-corrected chi connectivity index (χ2v) is 17.0. The molecule has 11 aromatic rings. The molecule has 0 saturated heterocycles. The van der Waals surface area contributed by atoms with E-state index in [4.69, 9.17) is 23.8 Å². The molecule has 62 heavy (non-hydrogen) atoms. The van der Waals surface area contributed by atoms with Crippen LogP contribution in [-0.2, 0) is 5.41 Å². The van der Waals surface area contributed by atoms with Gasteiger partial charge in [0.05, 0.1) is 11.1 Å². The van der Waals surface area contributed by atoms with Gasteiger partial charge in [0.1, 0.15) is 22.3 Å². The molecule has 0 radical (unpaired) electrons. The largest absolute Gasteiger partial charge is 0.455 e. The first kappa shape index (κ1) is 35.2. The lowest BCUT2D eigenvalue weighted by Gasteiger charge is -2.36. The molecule has 3 heterocycles. The molecule has 1 saturated carbocycles. The number of hydrogen-bond donors (Lipinski definition) is 0. The van der Waals surface area contributed by atoms with Crippen molar-refractivity contribution >= 4 is 43.9 Å². The van der Waals surface area contributed by atoms with Crippen LogP contribution in [0.3, 0.4) is 0 Å². The van der Waals surface area contributed by atoms with E-state index in [1.54, 1.807) is 0 Å². The molecule has 8 aromatic carbocycles. The molecular formula is C57H39N3O2. The van der Waals surface area contributed by atoms with Crippen molar-refractivity contribution in [1.82, 2.24) is 15.0 Å². The van der Waals surface area contributed by atoms with Gasteiger partial charge < -0.3 is 8.83 Å². The van der Waals surface area contributed by atoms with E-state index in [0.717, 1.165) is 71.7 Å². The van der Waals surface area contributed by atoms with Gasteiger partial charge in [-0.15, -0.1) is 0 Å². The molecule has 1 spiro atoms. The zero-order valence-corrected chi connectivity index (χ0v) is 33.9. The third-order valence-electron chi connectivity index (χ3n) is 13.6. The van der Waals surface area contributed by atoms with Crippen molar-refractivity contribution in [3.05, 3.63) is 187 Å². The van der Waals surface area contributed by atoms with Crippen molar-refractivity contribution in [1.29, 1.82) is 0 Å². The van der Waals surface area contributed by atoms with Gasteiger partial charge >= 0.3 is 0 Å². The smallest absolute Gasteiger partial charge is 0.167 e. The SMILES string of the molecule is c1ccc2c(c1)-c1ccc(-c3ccc(-c4ccc(-c5nc(-c6cccc7c6oc6ccccc67)nc(-c6cccc7c6oc6ccccc67)n5)cc4)cc3)cc1C21CCCCC1. The third kappa shape index (κ3) is 5.37. The lowest BCUT2D eigenvalue weighted by atomic mass is 9.67. The first-order chi connectivity index (χ1) is 30.7. The molecular weight excluding hydrogens is 759 g/mol. The highest BCUT2D eigenvalue weighted by Crippen LogP contribution is 2.56. The Bertz CT molecular complexity index is 3420. The van der Waals surface area contributed by atoms with E-state index >= 15 is 0 Å². The van der Waals surface area contributed by atoms with E-state index < -0.39 is 0 Å². The Hall–Kier alpha value is -7.63. The number of benzene rings is 8. The Morgan fingerprint density at radius 3 is 1.40 bits per heavy atom. The number of nitrogens with zero attached hydrogens (tertiary/aromatic N) is 3. The quantitative estimate of drug-likeness (QED) is 0.174. The predicted octanol–water partition coefficient (Wildman–Crippen LogP) is 15.2. The van der Waals surface area contributed by atoms with Gasteiger partial charge in [0.25, 0.3) is 0 Å². The highest BCUT2D eigenvalue weighted by Gasteiger charge is 2.43. The summed E-state index contributed by atoms with van der Waals surface area (Å²) in [5.41, 5.74) is 16.5. The second-order valence-electron chi connectivity index (χ2n) is 17.0. The molecule has 3 aromatic heterocycles. The predicted molar refractivity (Wildman–Crippen MR) is 251 cm³/mol. The van der Waals surface area contributed by atoms with Gasteiger partial charge in [-0.2, -0.15) is 0 Å². The minimum Gasteiger partial charge on any atom is -0.455 e. The Morgan fingerprint density at radius 1 is 0.339 bits per heavy atom. The Balaban J connectivity index is 0.877. The highest BCUT2D eigenvalue weighted by atomic mass is 16.3. The average Bonchev–Trinajstić information content (AvgIpc) is 4.00. The van der Waals surface area contributed by atoms with E-state index in [0.29, 0.717) is 17.5 Å². The summed E-state index contributed by atoms with van der Waals surface area (Å²) in [7, 11) is 0. The van der Waals surface area contributed by atoms with Crippen LogP contribution >= 0.6 is 0 Å². The van der Waals surface area contributed by atoms with E-state index in [2.05, 4.69) is 115 Å². The van der Waals surface area contributed by atoms with Crippen LogP contribution in [0, 0.1) is 0 Å². The Labute approximate surface area is 358 Å². The average molecular weight is 798 g/mol. The molecule has 0 N–H and O–H groups in total. The summed E-state index contributed by atoms with van der Waals surface area (Å²) in [6.45, 7) is 0. The van der Waals surface area contributed by atoms with E-state index in [1.807, 2.05) is 60.7 Å². The molecule has 1 fully saturated rings. The maximum absolute atomic E-state index is 6.48. The molecule has 0 bridgehead atoms. The van der Waals surface area contributed by atoms with Crippen molar-refractivity contribution < 1.29 is 8.83 Å². The van der Waals surface area contributed by atoms with Crippen LogP contribution in [-0.4, -0.2) is 15.0 Å². The topological polar surface area (TPSA) is 65.0 Å². The standard InChI is InChI=1S/C57H39N3O2/c1-8-32-57(33-9-1)48-19-5-2-12-40(48)41-31-30-39(34-49(41)57)37-24-22-35(23-25-37)36-26-28-38(29-27-36)54-58-55(46-17-10-15-44-42-13-3-6-20-50(42)61-52(44)46)60-56(59-54)47-18-11-16-45-43-14-4-7-21-51(43)62-53(45)47/h2-7,10-31,34H,1,8-9,32-33H2. The molecule has 2 aliphatic rings. The molecule has 5 nitrogen and oxygen atoms in total. The van der Waals surface area contributed by atoms with Gasteiger partial charge in [0, 0.05) is 32.5 Å². The summed E-state index contributed by atoms with van der Waals surface area (Å²) >= 11 is 0. The van der Waals surface area contributed by atoms with E-state index in [9.17, 15) is 0 Å². The molecule has 0 aliphatic heterocycles. The van der Waals surface area contributed by atoms with Gasteiger partial charge in [-0.05, 0) is 87.7 Å². The summed E-state index contributed by atoms with van der Waals surface area (Å²) < 4.78 is 13.0. The van der Waals surface area contributed by atoms with Crippen molar-refractivity contribution in [2.24, 2.45) is 0 Å². The first-order valence-electron chi connectivity index (χ1n) is 21.7. The molecule has 13 rings (SSSR count). The van der Waals surface area contributed by atoms with Gasteiger partial charge in [0.2, 0.25) is 0 Å². The minimum absolute atomic E-state index is 0.142. The number of furan rings is 2. The van der Waals surface area contributed by atoms with Crippen molar-refractivity contribution in [3.63, 3.8) is 0 Å². The van der Waals surface area contributed by atoms with Crippen molar-refractivity contribution in [3.8, 4) is 67.5 Å². The maximum atomic E-state index is 6.48. The van der Waals surface area contributed by atoms with Crippen molar-refractivity contribution in [2.45, 2.75) is 37.5 Å². The second kappa shape index (κ2) is 13.7. The number of hydrogen-bond acceptors (Lipinski definition) is 5. The molecule has 294 valence electrons. The van der Waals surface area contributed by atoms with Gasteiger partial charge in [-0.25, -0.2) is 15.0 Å². The molecule has 5 heteroatoms. The molecule has 0 unspecified atom stereocenters. The lowest BCUT2D eigenvalue weighted by Crippen LogP contribution is -2.28. The number of aromatic nitrogens is 3. The van der Waals surface area contributed by atoms with Gasteiger partial charge in [0.15, 0.2) is 17.5 Å². The number of para-hydroxylation sites is 4. The zero-order valence-electron chi connectivity index (χ0n) is 33.9. The fourth-order valence-corrected chi connectivity index (χ4v) is 10.6. The molecule has 0 atom stereocenters. The van der Waals surface area contributed by atoms with Crippen LogP contribution in [0.5, 0.6) is 0 Å². The van der Waals surface area contributed by atoms with Crippen LogP contribution in [0.25, 0.3) is 111 Å². The van der Waals surface area contributed by atoms with Crippen LogP contribution < -0.4 is 0 Å². The summed E-state index contributed by atoms with van der Waals surface area (Å²) in [6, 6.07) is 62.4. The van der Waals surface area contributed by atoms with Crippen LogP contribution in [0.4, 0.5) is 0 Å². The van der Waals surface area contributed by atoms with Crippen LogP contribution in [0.1, 0.15) is 43.2 Å². The van der Waals surface area contributed by atoms with Gasteiger partial charge in [-0.1, -0.05) is 165 Å². The van der Waals surface area contributed by atoms with Crippen LogP contribution in [0.2, 0.25) is 0 Å². The first-order valence-corrected chi connectivity index (χ1v) is 21.7. The summed E-state index contributed by atoms with van der Waals surface area (Å²) in [5.74, 6) is 1.64. The van der Waals surface area contributed by atoms with E-state index in [1.165, 1.54) is 65.5 Å². The highest BCUT2D eigenvalue weighted by molar-refractivity contribution is 6.10. The maximum Gasteiger partial charge on any atom is 0.167 e. The molecule has 0 amide bonds. The fourth-order valence-electron chi connectivity index (χ4n) is 10.6. The fraction of sp³-hybridized carbons (Fsp3) is 0.105. The monoisotopic (exact) mass is 797 g/mol. The van der Waals surface area contributed by atoms with Gasteiger partial charge in [-0.3, -0.25) is 0 Å². The van der Waals surface area contributed by atoms with Crippen molar-refractivity contribution in [2.75, 3.05) is 0 Å². The summed E-state index contributed by atoms with van der Waals surface area (Å²) in [5, 5.41) is 4.15.